The molecule has 0 unspecified atom stereocenters. The second-order valence-corrected chi connectivity index (χ2v) is 6.56. The first-order valence-electron chi connectivity index (χ1n) is 8.76. The topological polar surface area (TPSA) is 78.1 Å². The maximum absolute atomic E-state index is 12.4. The Balaban J connectivity index is 1.40. The number of fused-ring (bicyclic) bond motifs is 1. The number of benzene rings is 1. The molecule has 3 heterocycles. The molecule has 2 N–H and O–H groups in total. The molecule has 2 amide bonds. The number of nitrogens with zero attached hydrogens (tertiary/aromatic N) is 2. The van der Waals surface area contributed by atoms with Gasteiger partial charge in [0.15, 0.2) is 0 Å². The van der Waals surface area contributed by atoms with Crippen LogP contribution in [0.3, 0.4) is 0 Å². The summed E-state index contributed by atoms with van der Waals surface area (Å²) in [4.78, 5) is 33.3. The van der Waals surface area contributed by atoms with Gasteiger partial charge in [-0.1, -0.05) is 24.3 Å². The van der Waals surface area contributed by atoms with Crippen LogP contribution in [0.25, 0.3) is 11.0 Å². The van der Waals surface area contributed by atoms with Crippen LogP contribution in [0.15, 0.2) is 48.8 Å². The number of aromatic amines is 1. The van der Waals surface area contributed by atoms with Crippen LogP contribution in [0.2, 0.25) is 0 Å². The van der Waals surface area contributed by atoms with E-state index in [0.717, 1.165) is 35.1 Å². The number of hydrogen-bond donors (Lipinski definition) is 2. The van der Waals surface area contributed by atoms with Crippen LogP contribution in [0.1, 0.15) is 34.3 Å². The van der Waals surface area contributed by atoms with Crippen molar-refractivity contribution in [3.63, 3.8) is 0 Å². The van der Waals surface area contributed by atoms with Crippen LogP contribution in [-0.4, -0.2) is 33.2 Å². The van der Waals surface area contributed by atoms with Crippen molar-refractivity contribution in [2.24, 2.45) is 0 Å². The summed E-state index contributed by atoms with van der Waals surface area (Å²) in [5, 5.41) is 3.84. The number of amides is 2. The minimum absolute atomic E-state index is 0.152. The standard InChI is InChI=1S/C20H20N4O2/c25-18-5-2-8-24(18)13-15-4-1-3-14(9-15)11-23-20(26)17-10-16-6-7-21-19(16)22-12-17/h1,3-4,6-7,9-10,12H,2,5,8,11,13H2,(H,21,22)(H,23,26). The highest BCUT2D eigenvalue weighted by atomic mass is 16.2. The van der Waals surface area contributed by atoms with Gasteiger partial charge in [-0.25, -0.2) is 4.98 Å². The van der Waals surface area contributed by atoms with Gasteiger partial charge in [0.2, 0.25) is 5.91 Å². The van der Waals surface area contributed by atoms with Crippen molar-refractivity contribution in [2.75, 3.05) is 6.54 Å². The maximum Gasteiger partial charge on any atom is 0.253 e. The van der Waals surface area contributed by atoms with E-state index < -0.39 is 0 Å². The van der Waals surface area contributed by atoms with Crippen molar-refractivity contribution >= 4 is 22.8 Å². The number of aromatic nitrogens is 2. The van der Waals surface area contributed by atoms with Gasteiger partial charge in [-0.15, -0.1) is 0 Å². The molecule has 6 nitrogen and oxygen atoms in total. The first kappa shape index (κ1) is 16.3. The van der Waals surface area contributed by atoms with E-state index in [-0.39, 0.29) is 11.8 Å². The second kappa shape index (κ2) is 7.00. The predicted octanol–water partition coefficient (Wildman–Crippen LogP) is 2.62. The van der Waals surface area contributed by atoms with Crippen molar-refractivity contribution < 1.29 is 9.59 Å². The minimum Gasteiger partial charge on any atom is -0.348 e. The second-order valence-electron chi connectivity index (χ2n) is 6.56. The molecule has 0 atom stereocenters. The largest absolute Gasteiger partial charge is 0.348 e. The number of hydrogen-bond acceptors (Lipinski definition) is 3. The predicted molar refractivity (Wildman–Crippen MR) is 98.4 cm³/mol. The monoisotopic (exact) mass is 348 g/mol. The Labute approximate surface area is 151 Å². The van der Waals surface area contributed by atoms with Crippen LogP contribution in [0.5, 0.6) is 0 Å². The Morgan fingerprint density at radius 1 is 1.23 bits per heavy atom. The first-order chi connectivity index (χ1) is 12.7. The summed E-state index contributed by atoms with van der Waals surface area (Å²) >= 11 is 0. The highest BCUT2D eigenvalue weighted by molar-refractivity contribution is 5.96. The lowest BCUT2D eigenvalue weighted by molar-refractivity contribution is -0.128. The normalized spacial score (nSPS) is 14.2. The van der Waals surface area contributed by atoms with E-state index in [1.807, 2.05) is 41.3 Å². The van der Waals surface area contributed by atoms with E-state index >= 15 is 0 Å². The third-order valence-electron chi connectivity index (χ3n) is 4.65. The van der Waals surface area contributed by atoms with Gasteiger partial charge in [0.25, 0.3) is 5.91 Å². The van der Waals surface area contributed by atoms with Crippen molar-refractivity contribution in [3.05, 3.63) is 65.5 Å². The summed E-state index contributed by atoms with van der Waals surface area (Å²) in [7, 11) is 0. The summed E-state index contributed by atoms with van der Waals surface area (Å²) in [5.74, 6) is 0.0667. The third kappa shape index (κ3) is 3.44. The molecule has 0 spiro atoms. The number of rotatable bonds is 5. The van der Waals surface area contributed by atoms with Gasteiger partial charge in [0.05, 0.1) is 5.56 Å². The minimum atomic E-state index is -0.152. The van der Waals surface area contributed by atoms with Gasteiger partial charge in [0, 0.05) is 43.8 Å². The van der Waals surface area contributed by atoms with Gasteiger partial charge in [-0.2, -0.15) is 0 Å². The lowest BCUT2D eigenvalue weighted by atomic mass is 10.1. The summed E-state index contributed by atoms with van der Waals surface area (Å²) in [6.07, 6.45) is 4.96. The summed E-state index contributed by atoms with van der Waals surface area (Å²) in [6, 6.07) is 11.7. The number of carbonyl (C=O) groups is 2. The molecule has 1 aliphatic heterocycles. The highest BCUT2D eigenvalue weighted by Crippen LogP contribution is 2.15. The quantitative estimate of drug-likeness (QED) is 0.744. The SMILES string of the molecule is O=C(NCc1cccc(CN2CCCC2=O)c1)c1cnc2[nH]ccc2c1. The zero-order valence-corrected chi connectivity index (χ0v) is 14.4. The smallest absolute Gasteiger partial charge is 0.253 e. The molecule has 0 bridgehead atoms. The van der Waals surface area contributed by atoms with Crippen LogP contribution in [0.4, 0.5) is 0 Å². The van der Waals surface area contributed by atoms with E-state index in [4.69, 9.17) is 0 Å². The number of pyridine rings is 1. The van der Waals surface area contributed by atoms with E-state index in [2.05, 4.69) is 15.3 Å². The molecule has 0 saturated carbocycles. The Morgan fingerprint density at radius 3 is 2.96 bits per heavy atom. The van der Waals surface area contributed by atoms with Gasteiger partial charge >= 0.3 is 0 Å². The number of likely N-dealkylation sites (tertiary alicyclic amines) is 1. The summed E-state index contributed by atoms with van der Waals surface area (Å²) in [5.41, 5.74) is 3.40. The van der Waals surface area contributed by atoms with Crippen LogP contribution >= 0.6 is 0 Å². The van der Waals surface area contributed by atoms with E-state index in [9.17, 15) is 9.59 Å². The molecular formula is C20H20N4O2. The fourth-order valence-electron chi connectivity index (χ4n) is 3.28. The Bertz CT molecular complexity index is 963. The molecule has 3 aromatic rings. The van der Waals surface area contributed by atoms with Crippen LogP contribution in [-0.2, 0) is 17.9 Å². The van der Waals surface area contributed by atoms with Crippen LogP contribution in [0, 0.1) is 0 Å². The fraction of sp³-hybridized carbons (Fsp3) is 0.250. The lowest BCUT2D eigenvalue weighted by Gasteiger charge is -2.16. The number of carbonyl (C=O) groups excluding carboxylic acids is 2. The molecule has 1 saturated heterocycles. The number of H-pyrrole nitrogens is 1. The first-order valence-corrected chi connectivity index (χ1v) is 8.76. The zero-order chi connectivity index (χ0) is 17.9. The Kier molecular flexibility index (Phi) is 4.39. The molecule has 0 radical (unpaired) electrons. The highest BCUT2D eigenvalue weighted by Gasteiger charge is 2.19. The van der Waals surface area contributed by atoms with Crippen LogP contribution < -0.4 is 5.32 Å². The fourth-order valence-corrected chi connectivity index (χ4v) is 3.28. The molecule has 1 fully saturated rings. The van der Waals surface area contributed by atoms with Gasteiger partial charge < -0.3 is 15.2 Å². The molecular weight excluding hydrogens is 328 g/mol. The average Bonchev–Trinajstić information content (AvgIpc) is 3.28. The molecule has 26 heavy (non-hydrogen) atoms. The summed E-state index contributed by atoms with van der Waals surface area (Å²) < 4.78 is 0. The van der Waals surface area contributed by atoms with Crippen molar-refractivity contribution in [2.45, 2.75) is 25.9 Å². The molecule has 4 rings (SSSR count). The molecule has 1 aliphatic rings. The van der Waals surface area contributed by atoms with Crippen molar-refractivity contribution in [1.29, 1.82) is 0 Å². The molecule has 2 aromatic heterocycles. The Morgan fingerprint density at radius 2 is 2.12 bits per heavy atom. The lowest BCUT2D eigenvalue weighted by Crippen LogP contribution is -2.24. The zero-order valence-electron chi connectivity index (χ0n) is 14.4. The van der Waals surface area contributed by atoms with Crippen molar-refractivity contribution in [1.82, 2.24) is 20.2 Å². The van der Waals surface area contributed by atoms with Gasteiger partial charge in [-0.3, -0.25) is 9.59 Å². The molecule has 1 aromatic carbocycles. The Hall–Kier alpha value is -3.15. The molecule has 6 heteroatoms. The van der Waals surface area contributed by atoms with E-state index in [0.29, 0.717) is 25.1 Å². The average molecular weight is 348 g/mol. The van der Waals surface area contributed by atoms with Crippen molar-refractivity contribution in [3.8, 4) is 0 Å². The molecule has 132 valence electrons. The van der Waals surface area contributed by atoms with Gasteiger partial charge in [0.1, 0.15) is 5.65 Å². The third-order valence-corrected chi connectivity index (χ3v) is 4.65. The van der Waals surface area contributed by atoms with E-state index in [1.54, 1.807) is 12.4 Å². The number of nitrogens with one attached hydrogen (secondary N) is 2. The maximum atomic E-state index is 12.4. The van der Waals surface area contributed by atoms with E-state index in [1.165, 1.54) is 0 Å². The molecule has 0 aliphatic carbocycles. The van der Waals surface area contributed by atoms with Gasteiger partial charge in [-0.05, 0) is 29.7 Å². The summed E-state index contributed by atoms with van der Waals surface area (Å²) in [6.45, 7) is 1.90.